The Labute approximate surface area is 80.7 Å². The molecule has 1 unspecified atom stereocenters. The van der Waals surface area contributed by atoms with Crippen LogP contribution in [0.2, 0.25) is 0 Å². The molecule has 0 bridgehead atoms. The molecule has 0 saturated carbocycles. The quantitative estimate of drug-likeness (QED) is 0.658. The lowest BCUT2D eigenvalue weighted by Crippen LogP contribution is -2.23. The highest BCUT2D eigenvalue weighted by Gasteiger charge is 2.20. The van der Waals surface area contributed by atoms with E-state index in [2.05, 4.69) is 9.72 Å². The van der Waals surface area contributed by atoms with Crippen molar-refractivity contribution in [1.29, 1.82) is 0 Å². The lowest BCUT2D eigenvalue weighted by atomic mass is 10.2. The normalized spacial score (nSPS) is 14.9. The largest absolute Gasteiger partial charge is 0.464 e. The van der Waals surface area contributed by atoms with Crippen LogP contribution >= 0.6 is 0 Å². The van der Waals surface area contributed by atoms with E-state index in [0.717, 1.165) is 6.26 Å². The van der Waals surface area contributed by atoms with Crippen molar-refractivity contribution in [2.45, 2.75) is 19.1 Å². The van der Waals surface area contributed by atoms with E-state index < -0.39 is 18.1 Å². The highest BCUT2D eigenvalue weighted by molar-refractivity contribution is 5.86. The number of aliphatic hydroxyl groups excluding tert-OH is 1. The average Bonchev–Trinajstić information content (AvgIpc) is 2.64. The number of ether oxygens (including phenoxy) is 1. The molecule has 0 aromatic carbocycles. The van der Waals surface area contributed by atoms with Crippen molar-refractivity contribution >= 4 is 5.97 Å². The van der Waals surface area contributed by atoms with E-state index >= 15 is 0 Å². The van der Waals surface area contributed by atoms with Crippen LogP contribution in [0.4, 0.5) is 0 Å². The molecule has 6 heteroatoms. The fourth-order valence-corrected chi connectivity index (χ4v) is 0.845. The molecule has 1 heterocycles. The number of nitrogens with zero attached hydrogens (tertiary/aromatic N) is 1. The highest BCUT2D eigenvalue weighted by atomic mass is 16.5. The molecule has 0 saturated heterocycles. The van der Waals surface area contributed by atoms with Crippen molar-refractivity contribution in [3.63, 3.8) is 0 Å². The van der Waals surface area contributed by atoms with E-state index in [1.165, 1.54) is 14.0 Å². The average molecular weight is 200 g/mol. The first-order valence-electron chi connectivity index (χ1n) is 4.03. The minimum atomic E-state index is -0.792. The van der Waals surface area contributed by atoms with Gasteiger partial charge in [-0.1, -0.05) is 0 Å². The number of nitrogens with two attached hydrogens (primary N) is 1. The van der Waals surface area contributed by atoms with Crippen molar-refractivity contribution in [2.75, 3.05) is 7.11 Å². The van der Waals surface area contributed by atoms with E-state index in [0.29, 0.717) is 0 Å². The van der Waals surface area contributed by atoms with Gasteiger partial charge in [0.05, 0.1) is 13.2 Å². The molecule has 0 radical (unpaired) electrons. The summed E-state index contributed by atoms with van der Waals surface area (Å²) in [6.45, 7) is 1.51. The Morgan fingerprint density at radius 1 is 1.79 bits per heavy atom. The maximum atomic E-state index is 11.0. The topological polar surface area (TPSA) is 98.6 Å². The summed E-state index contributed by atoms with van der Waals surface area (Å²) in [5, 5.41) is 9.14. The molecule has 0 amide bonds. The van der Waals surface area contributed by atoms with Crippen LogP contribution in [0.15, 0.2) is 10.7 Å². The maximum absolute atomic E-state index is 11.0. The van der Waals surface area contributed by atoms with Gasteiger partial charge in [-0.15, -0.1) is 0 Å². The van der Waals surface area contributed by atoms with Crippen LogP contribution in [0, 0.1) is 0 Å². The lowest BCUT2D eigenvalue weighted by molar-refractivity contribution is 0.0593. The monoisotopic (exact) mass is 200 g/mol. The Bertz CT molecular complexity index is 321. The molecule has 0 spiro atoms. The summed E-state index contributed by atoms with van der Waals surface area (Å²) >= 11 is 0. The van der Waals surface area contributed by atoms with Crippen molar-refractivity contribution in [3.05, 3.63) is 17.8 Å². The van der Waals surface area contributed by atoms with E-state index in [1.54, 1.807) is 0 Å². The van der Waals surface area contributed by atoms with Gasteiger partial charge in [-0.2, -0.15) is 0 Å². The van der Waals surface area contributed by atoms with Crippen LogP contribution in [0.1, 0.15) is 29.3 Å². The second-order valence-corrected chi connectivity index (χ2v) is 2.83. The number of methoxy groups -OCH3 is 1. The van der Waals surface area contributed by atoms with Crippen LogP contribution in [0.3, 0.4) is 0 Å². The van der Waals surface area contributed by atoms with E-state index in [1.807, 2.05) is 0 Å². The fraction of sp³-hybridized carbons (Fsp3) is 0.500. The summed E-state index contributed by atoms with van der Waals surface area (Å²) in [7, 11) is 1.24. The molecule has 0 aliphatic carbocycles. The van der Waals surface area contributed by atoms with Crippen LogP contribution < -0.4 is 5.73 Å². The molecular formula is C8H12N2O4. The van der Waals surface area contributed by atoms with Gasteiger partial charge >= 0.3 is 5.97 Å². The van der Waals surface area contributed by atoms with Crippen molar-refractivity contribution < 1.29 is 19.1 Å². The standard InChI is InChI=1S/C8H12N2O4/c1-4(11)6(9)7-10-5(3-14-7)8(12)13-2/h3-4,6,11H,9H2,1-2H3/t4?,6-/m0/s1. The van der Waals surface area contributed by atoms with Crippen molar-refractivity contribution in [3.8, 4) is 0 Å². The summed E-state index contributed by atoms with van der Waals surface area (Å²) < 4.78 is 9.34. The summed E-state index contributed by atoms with van der Waals surface area (Å²) in [5.74, 6) is -0.488. The van der Waals surface area contributed by atoms with Gasteiger partial charge in [-0.05, 0) is 6.92 Å². The molecule has 6 nitrogen and oxygen atoms in total. The molecule has 1 rings (SSSR count). The molecular weight excluding hydrogens is 188 g/mol. The van der Waals surface area contributed by atoms with Gasteiger partial charge in [0.1, 0.15) is 12.3 Å². The Morgan fingerprint density at radius 3 is 2.93 bits per heavy atom. The minimum absolute atomic E-state index is 0.0404. The number of esters is 1. The SMILES string of the molecule is COC(=O)c1coc([C@@H](N)C(C)O)n1. The smallest absolute Gasteiger partial charge is 0.360 e. The predicted molar refractivity (Wildman–Crippen MR) is 46.5 cm³/mol. The third-order valence-electron chi connectivity index (χ3n) is 1.72. The van der Waals surface area contributed by atoms with Gasteiger partial charge in [-0.3, -0.25) is 0 Å². The molecule has 1 aromatic heterocycles. The van der Waals surface area contributed by atoms with Crippen LogP contribution in [-0.2, 0) is 4.74 Å². The third-order valence-corrected chi connectivity index (χ3v) is 1.72. The van der Waals surface area contributed by atoms with Crippen LogP contribution in [-0.4, -0.2) is 29.3 Å². The minimum Gasteiger partial charge on any atom is -0.464 e. The number of hydrogen-bond acceptors (Lipinski definition) is 6. The van der Waals surface area contributed by atoms with Gasteiger partial charge in [-0.25, -0.2) is 9.78 Å². The molecule has 0 fully saturated rings. The Kier molecular flexibility index (Phi) is 3.21. The molecule has 3 N–H and O–H groups in total. The van der Waals surface area contributed by atoms with Gasteiger partial charge in [0.25, 0.3) is 0 Å². The molecule has 78 valence electrons. The number of oxazole rings is 1. The van der Waals surface area contributed by atoms with E-state index in [4.69, 9.17) is 15.3 Å². The number of aliphatic hydroxyl groups is 1. The number of rotatable bonds is 3. The maximum Gasteiger partial charge on any atom is 0.360 e. The predicted octanol–water partition coefficient (Wildman–Crippen LogP) is -0.158. The van der Waals surface area contributed by atoms with Gasteiger partial charge in [0, 0.05) is 0 Å². The Morgan fingerprint density at radius 2 is 2.43 bits per heavy atom. The van der Waals surface area contributed by atoms with Gasteiger partial charge in [0.2, 0.25) is 5.89 Å². The number of hydrogen-bond donors (Lipinski definition) is 2. The Hall–Kier alpha value is -1.40. The summed E-state index contributed by atoms with van der Waals surface area (Å²) in [5.41, 5.74) is 5.57. The number of carbonyl (C=O) groups is 1. The first-order chi connectivity index (χ1) is 6.56. The lowest BCUT2D eigenvalue weighted by Gasteiger charge is -2.09. The first-order valence-corrected chi connectivity index (χ1v) is 4.03. The van der Waals surface area contributed by atoms with E-state index in [9.17, 15) is 4.79 Å². The fourth-order valence-electron chi connectivity index (χ4n) is 0.845. The van der Waals surface area contributed by atoms with Gasteiger partial charge in [0.15, 0.2) is 5.69 Å². The molecule has 0 aliphatic rings. The molecule has 2 atom stereocenters. The van der Waals surface area contributed by atoms with Crippen LogP contribution in [0.5, 0.6) is 0 Å². The van der Waals surface area contributed by atoms with Gasteiger partial charge < -0.3 is 20.0 Å². The Balaban J connectivity index is 2.82. The number of carbonyl (C=O) groups excluding carboxylic acids is 1. The summed E-state index contributed by atoms with van der Waals surface area (Å²) in [6, 6.07) is -0.742. The number of aromatic nitrogens is 1. The second kappa shape index (κ2) is 4.21. The molecule has 14 heavy (non-hydrogen) atoms. The van der Waals surface area contributed by atoms with Crippen molar-refractivity contribution in [2.24, 2.45) is 5.73 Å². The van der Waals surface area contributed by atoms with Crippen LogP contribution in [0.25, 0.3) is 0 Å². The summed E-state index contributed by atoms with van der Waals surface area (Å²) in [6.07, 6.45) is 0.350. The van der Waals surface area contributed by atoms with E-state index in [-0.39, 0.29) is 11.6 Å². The third kappa shape index (κ3) is 2.09. The first kappa shape index (κ1) is 10.7. The summed E-state index contributed by atoms with van der Waals surface area (Å²) in [4.78, 5) is 14.7. The zero-order valence-electron chi connectivity index (χ0n) is 7.93. The van der Waals surface area contributed by atoms with Crippen molar-refractivity contribution in [1.82, 2.24) is 4.98 Å². The highest BCUT2D eigenvalue weighted by Crippen LogP contribution is 2.13. The zero-order chi connectivity index (χ0) is 10.7. The zero-order valence-corrected chi connectivity index (χ0v) is 7.93. The second-order valence-electron chi connectivity index (χ2n) is 2.83. The molecule has 0 aliphatic heterocycles. The molecule has 1 aromatic rings.